The van der Waals surface area contributed by atoms with E-state index < -0.39 is 22.0 Å². The number of hydrogen-bond donors (Lipinski definition) is 1. The zero-order valence-electron chi connectivity index (χ0n) is 19.7. The van der Waals surface area contributed by atoms with Gasteiger partial charge in [0.05, 0.1) is 18.4 Å². The van der Waals surface area contributed by atoms with Gasteiger partial charge < -0.3 is 9.84 Å². The van der Waals surface area contributed by atoms with Crippen LogP contribution in [0.15, 0.2) is 47.6 Å². The molecule has 1 aromatic carbocycles. The summed E-state index contributed by atoms with van der Waals surface area (Å²) in [6.45, 7) is 3.63. The third kappa shape index (κ3) is 5.19. The van der Waals surface area contributed by atoms with Crippen LogP contribution in [0.4, 0.5) is 0 Å². The van der Waals surface area contributed by atoms with Crippen LogP contribution < -0.4 is 4.74 Å². The highest BCUT2D eigenvalue weighted by atomic mass is 35.5. The second-order valence-electron chi connectivity index (χ2n) is 8.80. The van der Waals surface area contributed by atoms with E-state index in [9.17, 15) is 13.2 Å². The number of hydrogen-bond acceptors (Lipinski definition) is 6. The molecule has 0 amide bonds. The van der Waals surface area contributed by atoms with Crippen molar-refractivity contribution in [2.75, 3.05) is 7.05 Å². The first-order valence-corrected chi connectivity index (χ1v) is 13.1. The van der Waals surface area contributed by atoms with E-state index in [0.29, 0.717) is 35.1 Å². The number of ether oxygens (including phenoxy) is 1. The van der Waals surface area contributed by atoms with Gasteiger partial charge in [0.1, 0.15) is 17.2 Å². The highest BCUT2D eigenvalue weighted by Crippen LogP contribution is 2.38. The lowest BCUT2D eigenvalue weighted by atomic mass is 9.93. The van der Waals surface area contributed by atoms with Gasteiger partial charge >= 0.3 is 5.97 Å². The maximum Gasteiger partial charge on any atom is 0.325 e. The summed E-state index contributed by atoms with van der Waals surface area (Å²) in [5.74, 6) is -0.156. The van der Waals surface area contributed by atoms with E-state index in [4.69, 9.17) is 21.4 Å². The summed E-state index contributed by atoms with van der Waals surface area (Å²) in [6, 6.07) is 8.01. The fourth-order valence-electron chi connectivity index (χ4n) is 4.27. The quantitative estimate of drug-likeness (QED) is 0.462. The fraction of sp³-hybridized carbons (Fsp3) is 0.375. The number of sulfonamides is 1. The molecule has 0 fully saturated rings. The number of aromatic nitrogens is 3. The summed E-state index contributed by atoms with van der Waals surface area (Å²) >= 11 is 5.94. The lowest BCUT2D eigenvalue weighted by Gasteiger charge is -2.31. The smallest absolute Gasteiger partial charge is 0.325 e. The first-order valence-electron chi connectivity index (χ1n) is 11.3. The van der Waals surface area contributed by atoms with Crippen molar-refractivity contribution in [2.24, 2.45) is 0 Å². The van der Waals surface area contributed by atoms with Crippen molar-refractivity contribution in [2.45, 2.75) is 56.5 Å². The summed E-state index contributed by atoms with van der Waals surface area (Å²) in [5.41, 5.74) is 2.16. The van der Waals surface area contributed by atoms with E-state index in [1.807, 2.05) is 13.8 Å². The third-order valence-corrected chi connectivity index (χ3v) is 8.22. The van der Waals surface area contributed by atoms with Crippen molar-refractivity contribution >= 4 is 27.6 Å². The molecule has 186 valence electrons. The maximum absolute atomic E-state index is 13.6. The summed E-state index contributed by atoms with van der Waals surface area (Å²) in [5, 5.41) is 13.9. The molecule has 0 saturated carbocycles. The topological polar surface area (TPSA) is 115 Å². The number of fused-ring (bicyclic) bond motifs is 1. The number of pyridine rings is 1. The Hall–Kier alpha value is -2.95. The van der Waals surface area contributed by atoms with Crippen molar-refractivity contribution in [3.05, 3.63) is 64.6 Å². The van der Waals surface area contributed by atoms with Gasteiger partial charge in [-0.2, -0.15) is 9.40 Å². The van der Waals surface area contributed by atoms with E-state index in [2.05, 4.69) is 10.1 Å². The third-order valence-electron chi connectivity index (χ3n) is 6.14. The normalized spacial score (nSPS) is 15.9. The van der Waals surface area contributed by atoms with Crippen LogP contribution in [0, 0.1) is 0 Å². The van der Waals surface area contributed by atoms with Crippen LogP contribution in [0.1, 0.15) is 55.5 Å². The Balaban J connectivity index is 1.64. The Morgan fingerprint density at radius 3 is 2.66 bits per heavy atom. The largest absolute Gasteiger partial charge is 0.480 e. The molecule has 3 aromatic rings. The average molecular weight is 519 g/mol. The molecule has 35 heavy (non-hydrogen) atoms. The van der Waals surface area contributed by atoms with E-state index >= 15 is 0 Å². The van der Waals surface area contributed by atoms with Crippen LogP contribution in [-0.2, 0) is 27.8 Å². The van der Waals surface area contributed by atoms with Gasteiger partial charge in [-0.1, -0.05) is 25.4 Å². The summed E-state index contributed by atoms with van der Waals surface area (Å²) in [7, 11) is -2.36. The minimum Gasteiger partial charge on any atom is -0.480 e. The van der Waals surface area contributed by atoms with Gasteiger partial charge in [0.25, 0.3) is 0 Å². The molecule has 1 N–H and O–H groups in total. The molecule has 0 radical (unpaired) electrons. The molecule has 0 saturated heterocycles. The number of halogens is 1. The van der Waals surface area contributed by atoms with Gasteiger partial charge in [-0.25, -0.2) is 13.4 Å². The van der Waals surface area contributed by atoms with Crippen molar-refractivity contribution < 1.29 is 23.1 Å². The molecule has 0 unspecified atom stereocenters. The van der Waals surface area contributed by atoms with Gasteiger partial charge in [0, 0.05) is 28.9 Å². The van der Waals surface area contributed by atoms with E-state index in [1.165, 1.54) is 22.2 Å². The number of aliphatic carboxylic acids is 1. The van der Waals surface area contributed by atoms with E-state index in [1.54, 1.807) is 36.5 Å². The van der Waals surface area contributed by atoms with Gasteiger partial charge in [0.15, 0.2) is 0 Å². The maximum atomic E-state index is 13.6. The van der Waals surface area contributed by atoms with Gasteiger partial charge in [0.2, 0.25) is 15.9 Å². The zero-order valence-corrected chi connectivity index (χ0v) is 21.3. The first-order chi connectivity index (χ1) is 16.6. The number of carboxylic acid groups (broad SMARTS) is 1. The number of nitrogens with zero attached hydrogens (tertiary/aromatic N) is 4. The molecule has 9 nitrogen and oxygen atoms in total. The van der Waals surface area contributed by atoms with Crippen LogP contribution in [-0.4, -0.2) is 45.6 Å². The first kappa shape index (κ1) is 25.2. The Bertz CT molecular complexity index is 1340. The predicted molar refractivity (Wildman–Crippen MR) is 130 cm³/mol. The van der Waals surface area contributed by atoms with Crippen LogP contribution in [0.5, 0.6) is 11.6 Å². The van der Waals surface area contributed by atoms with Gasteiger partial charge in [-0.15, -0.1) is 0 Å². The lowest BCUT2D eigenvalue weighted by molar-refractivity contribution is -0.137. The second kappa shape index (κ2) is 9.96. The number of carbonyl (C=O) groups is 1. The van der Waals surface area contributed by atoms with Crippen LogP contribution >= 0.6 is 11.6 Å². The minimum atomic E-state index is -3.90. The van der Waals surface area contributed by atoms with Crippen LogP contribution in [0.2, 0.25) is 5.02 Å². The molecule has 2 aromatic heterocycles. The van der Waals surface area contributed by atoms with Gasteiger partial charge in [-0.3, -0.25) is 9.48 Å². The highest BCUT2D eigenvalue weighted by molar-refractivity contribution is 7.89. The van der Waals surface area contributed by atoms with Crippen LogP contribution in [0.3, 0.4) is 0 Å². The molecule has 0 bridgehead atoms. The number of benzene rings is 1. The Morgan fingerprint density at radius 1 is 1.29 bits per heavy atom. The molecule has 11 heteroatoms. The molecule has 4 rings (SSSR count). The van der Waals surface area contributed by atoms with E-state index in [0.717, 1.165) is 17.7 Å². The lowest BCUT2D eigenvalue weighted by Crippen LogP contribution is -2.33. The summed E-state index contributed by atoms with van der Waals surface area (Å²) in [4.78, 5) is 15.6. The van der Waals surface area contributed by atoms with E-state index in [-0.39, 0.29) is 17.4 Å². The SMILES string of the molecule is CC(C)c1cc(S(=O)(=O)N(C)[C@@H]2CCCc3c2cnn3CC(=O)O)cnc1Oc1ccc(Cl)cc1. The van der Waals surface area contributed by atoms with Crippen molar-refractivity contribution in [3.8, 4) is 11.6 Å². The average Bonchev–Trinajstić information content (AvgIpc) is 3.22. The fourth-order valence-corrected chi connectivity index (χ4v) is 5.75. The monoisotopic (exact) mass is 518 g/mol. The van der Waals surface area contributed by atoms with Gasteiger partial charge in [-0.05, 0) is 55.5 Å². The van der Waals surface area contributed by atoms with Crippen molar-refractivity contribution in [1.82, 2.24) is 19.1 Å². The molecular weight excluding hydrogens is 492 g/mol. The van der Waals surface area contributed by atoms with Crippen LogP contribution in [0.25, 0.3) is 0 Å². The molecule has 1 atom stereocenters. The molecule has 2 heterocycles. The highest BCUT2D eigenvalue weighted by Gasteiger charge is 2.35. The second-order valence-corrected chi connectivity index (χ2v) is 11.2. The standard InChI is InChI=1S/C24H27ClN4O5S/c1-15(2)19-11-18(12-26-24(19)34-17-9-7-16(25)8-10-17)35(32,33)28(3)21-5-4-6-22-20(21)13-27-29(22)14-23(30)31/h7-13,15,21H,4-6,14H2,1-3H3,(H,30,31)/t21-/m1/s1. The number of carboxylic acids is 1. The Morgan fingerprint density at radius 2 is 2.00 bits per heavy atom. The molecule has 0 spiro atoms. The summed E-state index contributed by atoms with van der Waals surface area (Å²) in [6.07, 6.45) is 4.88. The molecule has 1 aliphatic rings. The number of rotatable bonds is 8. The Kier molecular flexibility index (Phi) is 7.16. The van der Waals surface area contributed by atoms with Crippen molar-refractivity contribution in [1.29, 1.82) is 0 Å². The molecule has 1 aliphatic carbocycles. The Labute approximate surface area is 209 Å². The predicted octanol–water partition coefficient (Wildman–Crippen LogP) is 4.63. The molecule has 0 aliphatic heterocycles. The molecular formula is C24H27ClN4O5S. The van der Waals surface area contributed by atoms with Crippen molar-refractivity contribution in [3.63, 3.8) is 0 Å². The zero-order chi connectivity index (χ0) is 25.3. The summed E-state index contributed by atoms with van der Waals surface area (Å²) < 4.78 is 35.9. The minimum absolute atomic E-state index is 0.0409.